The molecule has 4 N–H and O–H groups in total. The van der Waals surface area contributed by atoms with Crippen LogP contribution in [0, 0.1) is 12.8 Å². The van der Waals surface area contributed by atoms with Gasteiger partial charge in [0.25, 0.3) is 0 Å². The number of aromatic amines is 1. The van der Waals surface area contributed by atoms with Crippen molar-refractivity contribution in [1.29, 1.82) is 0 Å². The van der Waals surface area contributed by atoms with E-state index < -0.39 is 22.1 Å². The number of urea groups is 1. The summed E-state index contributed by atoms with van der Waals surface area (Å²) >= 11 is 0. The Kier molecular flexibility index (Phi) is 12.4. The summed E-state index contributed by atoms with van der Waals surface area (Å²) in [5.74, 6) is -0.218. The Morgan fingerprint density at radius 3 is 2.47 bits per heavy atom. The lowest BCUT2D eigenvalue weighted by Gasteiger charge is -2.31. The lowest BCUT2D eigenvalue weighted by Crippen LogP contribution is -2.54. The number of ether oxygens (including phenoxy) is 1. The molecule has 0 aliphatic carbocycles. The molecule has 246 valence electrons. The number of aliphatic hydroxyl groups excluding tert-OH is 1. The Morgan fingerprint density at radius 2 is 1.78 bits per heavy atom. The number of aromatic nitrogens is 1. The molecule has 2 atom stereocenters. The molecule has 0 unspecified atom stereocenters. The summed E-state index contributed by atoms with van der Waals surface area (Å²) in [6.45, 7) is 7.99. The van der Waals surface area contributed by atoms with Crippen LogP contribution in [0.25, 0.3) is 10.9 Å². The van der Waals surface area contributed by atoms with Gasteiger partial charge in [0, 0.05) is 55.7 Å². The first-order valence-electron chi connectivity index (χ1n) is 15.8. The van der Waals surface area contributed by atoms with Gasteiger partial charge in [-0.15, -0.1) is 0 Å². The third-order valence-electron chi connectivity index (χ3n) is 8.07. The number of sulfonamides is 1. The molecule has 1 aliphatic heterocycles. The number of morpholine rings is 1. The Labute approximate surface area is 266 Å². The summed E-state index contributed by atoms with van der Waals surface area (Å²) in [5, 5.41) is 17.1. The summed E-state index contributed by atoms with van der Waals surface area (Å²) in [6.07, 6.45) is 3.81. The second-order valence-corrected chi connectivity index (χ2v) is 14.0. The Hall–Kier alpha value is -3.45. The maximum absolute atomic E-state index is 13.6. The van der Waals surface area contributed by atoms with E-state index >= 15 is 0 Å². The Bertz CT molecular complexity index is 1500. The van der Waals surface area contributed by atoms with E-state index in [0.29, 0.717) is 58.5 Å². The van der Waals surface area contributed by atoms with Crippen molar-refractivity contribution >= 4 is 32.9 Å². The molecule has 45 heavy (non-hydrogen) atoms. The number of fused-ring (bicyclic) bond motifs is 1. The second-order valence-electron chi connectivity index (χ2n) is 12.1. The number of benzene rings is 2. The average Bonchev–Trinajstić information content (AvgIpc) is 3.44. The van der Waals surface area contributed by atoms with Crippen LogP contribution in [0.1, 0.15) is 44.2 Å². The highest BCUT2D eigenvalue weighted by Crippen LogP contribution is 2.23. The van der Waals surface area contributed by atoms with Gasteiger partial charge in [-0.25, -0.2) is 13.2 Å². The van der Waals surface area contributed by atoms with Crippen LogP contribution in [0.5, 0.6) is 0 Å². The molecule has 3 aromatic rings. The highest BCUT2D eigenvalue weighted by molar-refractivity contribution is 7.89. The SMILES string of the molecule is Cc1ccc(S(=O)(=O)N(CC(C)C)[C@H](CO)CCCCNC(=O)[C@H](Cc2c[nH]c3ccccc23)NC(=O)N2CCOCC2)cc1. The van der Waals surface area contributed by atoms with Gasteiger partial charge in [0.1, 0.15) is 6.04 Å². The molecule has 1 aromatic heterocycles. The van der Waals surface area contributed by atoms with Gasteiger partial charge in [-0.2, -0.15) is 4.31 Å². The van der Waals surface area contributed by atoms with Crippen LogP contribution in [-0.4, -0.2) is 97.7 Å². The van der Waals surface area contributed by atoms with E-state index in [0.717, 1.165) is 22.0 Å². The topological polar surface area (TPSA) is 144 Å². The van der Waals surface area contributed by atoms with Gasteiger partial charge in [-0.1, -0.05) is 56.2 Å². The zero-order valence-corrected chi connectivity index (χ0v) is 27.3. The summed E-state index contributed by atoms with van der Waals surface area (Å²) < 4.78 is 33.9. The smallest absolute Gasteiger partial charge is 0.318 e. The van der Waals surface area contributed by atoms with Gasteiger partial charge in [-0.3, -0.25) is 4.79 Å². The molecule has 1 fully saturated rings. The molecule has 2 heterocycles. The van der Waals surface area contributed by atoms with Crippen LogP contribution in [0.3, 0.4) is 0 Å². The number of aliphatic hydroxyl groups is 1. The van der Waals surface area contributed by atoms with Crippen LogP contribution in [-0.2, 0) is 26.0 Å². The van der Waals surface area contributed by atoms with E-state index in [4.69, 9.17) is 4.74 Å². The first kappa shape index (κ1) is 34.4. The normalized spacial score (nSPS) is 15.4. The van der Waals surface area contributed by atoms with Gasteiger partial charge in [0.2, 0.25) is 15.9 Å². The first-order valence-corrected chi connectivity index (χ1v) is 17.2. The van der Waals surface area contributed by atoms with E-state index in [1.165, 1.54) is 4.31 Å². The van der Waals surface area contributed by atoms with Crippen molar-refractivity contribution in [1.82, 2.24) is 24.8 Å². The molecule has 1 saturated heterocycles. The summed E-state index contributed by atoms with van der Waals surface area (Å²) in [5.41, 5.74) is 2.86. The molecule has 1 aliphatic rings. The fourth-order valence-electron chi connectivity index (χ4n) is 5.55. The highest BCUT2D eigenvalue weighted by Gasteiger charge is 2.32. The number of unbranched alkanes of at least 4 members (excludes halogenated alkanes) is 1. The number of carbonyl (C=O) groups excluding carboxylic acids is 2. The third kappa shape index (κ3) is 9.29. The minimum Gasteiger partial charge on any atom is -0.395 e. The number of aryl methyl sites for hydroxylation is 1. The maximum atomic E-state index is 13.6. The number of hydrogen-bond donors (Lipinski definition) is 4. The van der Waals surface area contributed by atoms with Crippen molar-refractivity contribution in [3.05, 3.63) is 65.9 Å². The number of para-hydroxylation sites is 1. The monoisotopic (exact) mass is 641 g/mol. The van der Waals surface area contributed by atoms with Gasteiger partial charge in [0.15, 0.2) is 0 Å². The molecule has 0 bridgehead atoms. The number of amides is 3. The molecule has 0 radical (unpaired) electrons. The molecule has 2 aromatic carbocycles. The van der Waals surface area contributed by atoms with E-state index in [-0.39, 0.29) is 35.9 Å². The van der Waals surface area contributed by atoms with E-state index in [1.807, 2.05) is 51.2 Å². The molecule has 0 saturated carbocycles. The van der Waals surface area contributed by atoms with Crippen LogP contribution in [0.2, 0.25) is 0 Å². The quantitative estimate of drug-likeness (QED) is 0.187. The number of nitrogens with zero attached hydrogens (tertiary/aromatic N) is 2. The fraction of sp³-hybridized carbons (Fsp3) is 0.515. The van der Waals surface area contributed by atoms with Gasteiger partial charge < -0.3 is 30.4 Å². The van der Waals surface area contributed by atoms with Crippen LogP contribution >= 0.6 is 0 Å². The van der Waals surface area contributed by atoms with Crippen LogP contribution in [0.4, 0.5) is 4.79 Å². The molecular formula is C33H47N5O6S. The van der Waals surface area contributed by atoms with Crippen molar-refractivity contribution < 1.29 is 27.9 Å². The van der Waals surface area contributed by atoms with Gasteiger partial charge in [-0.05, 0) is 49.4 Å². The summed E-state index contributed by atoms with van der Waals surface area (Å²) in [4.78, 5) is 31.5. The molecule has 11 nitrogen and oxygen atoms in total. The predicted molar refractivity (Wildman–Crippen MR) is 174 cm³/mol. The zero-order chi connectivity index (χ0) is 32.4. The minimum atomic E-state index is -3.80. The van der Waals surface area contributed by atoms with E-state index in [9.17, 15) is 23.1 Å². The first-order chi connectivity index (χ1) is 21.6. The summed E-state index contributed by atoms with van der Waals surface area (Å²) in [7, 11) is -3.80. The lowest BCUT2D eigenvalue weighted by molar-refractivity contribution is -0.123. The molecule has 12 heteroatoms. The Balaban J connectivity index is 1.36. The van der Waals surface area contributed by atoms with E-state index in [1.54, 1.807) is 29.2 Å². The van der Waals surface area contributed by atoms with Crippen molar-refractivity contribution in [2.45, 2.75) is 63.4 Å². The minimum absolute atomic E-state index is 0.0697. The number of hydrogen-bond acceptors (Lipinski definition) is 6. The van der Waals surface area contributed by atoms with Crippen molar-refractivity contribution in [2.24, 2.45) is 5.92 Å². The molecule has 0 spiro atoms. The molecule has 3 amide bonds. The third-order valence-corrected chi connectivity index (χ3v) is 10.00. The van der Waals surface area contributed by atoms with Crippen LogP contribution < -0.4 is 10.6 Å². The summed E-state index contributed by atoms with van der Waals surface area (Å²) in [6, 6.07) is 12.9. The highest BCUT2D eigenvalue weighted by atomic mass is 32.2. The van der Waals surface area contributed by atoms with Crippen molar-refractivity contribution in [3.63, 3.8) is 0 Å². The van der Waals surface area contributed by atoms with Crippen molar-refractivity contribution in [2.75, 3.05) is 46.0 Å². The van der Waals surface area contributed by atoms with Gasteiger partial charge >= 0.3 is 6.03 Å². The number of rotatable bonds is 15. The second kappa shape index (κ2) is 16.2. The maximum Gasteiger partial charge on any atom is 0.318 e. The average molecular weight is 642 g/mol. The predicted octanol–water partition coefficient (Wildman–Crippen LogP) is 3.42. The number of H-pyrrole nitrogens is 1. The fourth-order valence-corrected chi connectivity index (χ4v) is 7.36. The lowest BCUT2D eigenvalue weighted by atomic mass is 10.0. The van der Waals surface area contributed by atoms with Crippen molar-refractivity contribution in [3.8, 4) is 0 Å². The standard InChI is InChI=1S/C33H47N5O6S/c1-24(2)22-38(45(42,43)28-13-11-25(3)12-14-28)27(23-39)8-6-7-15-34-32(40)31(36-33(41)37-16-18-44-19-17-37)20-26-21-35-30-10-5-4-9-29(26)30/h4-5,9-14,21,24,27,31,35,39H,6-8,15-20,22-23H2,1-3H3,(H,34,40)(H,36,41)/t27-,31-/m0/s1. The molecule has 4 rings (SSSR count). The molecular weight excluding hydrogens is 594 g/mol. The largest absolute Gasteiger partial charge is 0.395 e. The number of nitrogens with one attached hydrogen (secondary N) is 3. The van der Waals surface area contributed by atoms with Gasteiger partial charge in [0.05, 0.1) is 24.7 Å². The van der Waals surface area contributed by atoms with E-state index in [2.05, 4.69) is 15.6 Å². The van der Waals surface area contributed by atoms with Crippen LogP contribution in [0.15, 0.2) is 59.6 Å². The Morgan fingerprint density at radius 1 is 1.07 bits per heavy atom. The number of carbonyl (C=O) groups is 2. The zero-order valence-electron chi connectivity index (χ0n) is 26.5.